The zero-order valence-corrected chi connectivity index (χ0v) is 10.9. The molecule has 0 amide bonds. The molecule has 5 heteroatoms. The zero-order valence-electron chi connectivity index (χ0n) is 10.1. The standard InChI is InChI=1S/C13H14N2O2S/c1-8(5-14)13-15-10(6-18-13)9-2-3-11-12(4-9)17-7-16-11/h2-4,6,8H,5,7,14H2,1H3. The minimum absolute atomic E-state index is 0.297. The molecule has 0 radical (unpaired) electrons. The Kier molecular flexibility index (Phi) is 2.93. The van der Waals surface area contributed by atoms with Gasteiger partial charge in [0.05, 0.1) is 10.7 Å². The van der Waals surface area contributed by atoms with Crippen LogP contribution < -0.4 is 15.2 Å². The van der Waals surface area contributed by atoms with E-state index in [1.165, 1.54) is 0 Å². The highest BCUT2D eigenvalue weighted by Crippen LogP contribution is 2.36. The van der Waals surface area contributed by atoms with Gasteiger partial charge in [-0.15, -0.1) is 11.3 Å². The van der Waals surface area contributed by atoms with Crippen molar-refractivity contribution < 1.29 is 9.47 Å². The average molecular weight is 262 g/mol. The Balaban J connectivity index is 1.92. The molecule has 2 heterocycles. The second-order valence-corrected chi connectivity index (χ2v) is 5.17. The molecule has 0 bridgehead atoms. The number of rotatable bonds is 3. The lowest BCUT2D eigenvalue weighted by Crippen LogP contribution is -2.08. The Labute approximate surface area is 109 Å². The van der Waals surface area contributed by atoms with Gasteiger partial charge in [-0.1, -0.05) is 6.92 Å². The summed E-state index contributed by atoms with van der Waals surface area (Å²) in [4.78, 5) is 4.62. The summed E-state index contributed by atoms with van der Waals surface area (Å²) in [6.45, 7) is 3.00. The van der Waals surface area contributed by atoms with Gasteiger partial charge in [-0.3, -0.25) is 0 Å². The van der Waals surface area contributed by atoms with Crippen LogP contribution in [0.15, 0.2) is 23.6 Å². The summed E-state index contributed by atoms with van der Waals surface area (Å²) in [7, 11) is 0. The van der Waals surface area contributed by atoms with Crippen molar-refractivity contribution in [2.45, 2.75) is 12.8 Å². The van der Waals surface area contributed by atoms with E-state index in [4.69, 9.17) is 15.2 Å². The van der Waals surface area contributed by atoms with E-state index in [1.54, 1.807) is 11.3 Å². The van der Waals surface area contributed by atoms with Crippen LogP contribution in [0.2, 0.25) is 0 Å². The molecule has 18 heavy (non-hydrogen) atoms. The van der Waals surface area contributed by atoms with Crippen LogP contribution in [0.3, 0.4) is 0 Å². The number of nitrogens with two attached hydrogens (primary N) is 1. The lowest BCUT2D eigenvalue weighted by molar-refractivity contribution is 0.174. The van der Waals surface area contributed by atoms with Gasteiger partial charge in [0.1, 0.15) is 0 Å². The third-order valence-corrected chi connectivity index (χ3v) is 4.04. The number of fused-ring (bicyclic) bond motifs is 1. The summed E-state index contributed by atoms with van der Waals surface area (Å²) in [5, 5.41) is 3.13. The van der Waals surface area contributed by atoms with Crippen LogP contribution in [0.25, 0.3) is 11.3 Å². The SMILES string of the molecule is CC(CN)c1nc(-c2ccc3c(c2)OCO3)cs1. The quantitative estimate of drug-likeness (QED) is 0.923. The summed E-state index contributed by atoms with van der Waals surface area (Å²) in [5.41, 5.74) is 7.67. The molecule has 4 nitrogen and oxygen atoms in total. The van der Waals surface area contributed by atoms with Crippen molar-refractivity contribution in [1.82, 2.24) is 4.98 Å². The molecule has 0 spiro atoms. The summed E-state index contributed by atoms with van der Waals surface area (Å²) in [5.74, 6) is 1.89. The topological polar surface area (TPSA) is 57.4 Å². The monoisotopic (exact) mass is 262 g/mol. The molecule has 2 aromatic rings. The van der Waals surface area contributed by atoms with Gasteiger partial charge in [-0.25, -0.2) is 4.98 Å². The van der Waals surface area contributed by atoms with Gasteiger partial charge in [0.25, 0.3) is 0 Å². The summed E-state index contributed by atoms with van der Waals surface area (Å²) in [6, 6.07) is 5.89. The highest BCUT2D eigenvalue weighted by Gasteiger charge is 2.15. The Bertz CT molecular complexity index is 568. The lowest BCUT2D eigenvalue weighted by Gasteiger charge is -2.02. The second kappa shape index (κ2) is 4.59. The van der Waals surface area contributed by atoms with Crippen LogP contribution in [-0.4, -0.2) is 18.3 Å². The summed E-state index contributed by atoms with van der Waals surface area (Å²) in [6.07, 6.45) is 0. The fraction of sp³-hybridized carbons (Fsp3) is 0.308. The molecule has 0 saturated heterocycles. The van der Waals surface area contributed by atoms with Crippen molar-refractivity contribution in [2.24, 2.45) is 5.73 Å². The van der Waals surface area contributed by atoms with Crippen LogP contribution in [0.1, 0.15) is 17.8 Å². The summed E-state index contributed by atoms with van der Waals surface area (Å²) >= 11 is 1.65. The van der Waals surface area contributed by atoms with Crippen LogP contribution >= 0.6 is 11.3 Å². The smallest absolute Gasteiger partial charge is 0.231 e. The number of nitrogens with zero attached hydrogens (tertiary/aromatic N) is 1. The highest BCUT2D eigenvalue weighted by molar-refractivity contribution is 7.10. The van der Waals surface area contributed by atoms with Gasteiger partial charge in [0.2, 0.25) is 6.79 Å². The van der Waals surface area contributed by atoms with Gasteiger partial charge in [-0.2, -0.15) is 0 Å². The first kappa shape index (κ1) is 11.5. The summed E-state index contributed by atoms with van der Waals surface area (Å²) < 4.78 is 10.7. The molecule has 1 unspecified atom stereocenters. The molecule has 1 atom stereocenters. The maximum absolute atomic E-state index is 5.66. The normalized spacial score (nSPS) is 14.8. The first-order valence-corrected chi connectivity index (χ1v) is 6.71. The minimum atomic E-state index is 0.297. The molecule has 1 aliphatic rings. The third kappa shape index (κ3) is 1.95. The fourth-order valence-electron chi connectivity index (χ4n) is 1.80. The van der Waals surface area contributed by atoms with E-state index in [2.05, 4.69) is 17.3 Å². The lowest BCUT2D eigenvalue weighted by atomic mass is 10.1. The van der Waals surface area contributed by atoms with E-state index in [1.807, 2.05) is 18.2 Å². The van der Waals surface area contributed by atoms with Crippen LogP contribution in [0.4, 0.5) is 0 Å². The van der Waals surface area contributed by atoms with Crippen LogP contribution in [0.5, 0.6) is 11.5 Å². The molecule has 1 aromatic heterocycles. The number of ether oxygens (including phenoxy) is 2. The van der Waals surface area contributed by atoms with Crippen molar-refractivity contribution in [3.63, 3.8) is 0 Å². The predicted octanol–water partition coefficient (Wildman–Crippen LogP) is 2.60. The van der Waals surface area contributed by atoms with Crippen molar-refractivity contribution >= 4 is 11.3 Å². The van der Waals surface area contributed by atoms with E-state index in [0.29, 0.717) is 19.3 Å². The molecular weight excluding hydrogens is 248 g/mol. The molecule has 0 aliphatic carbocycles. The van der Waals surface area contributed by atoms with Crippen molar-refractivity contribution in [2.75, 3.05) is 13.3 Å². The molecule has 2 N–H and O–H groups in total. The average Bonchev–Trinajstić information content (AvgIpc) is 3.05. The highest BCUT2D eigenvalue weighted by atomic mass is 32.1. The molecule has 0 saturated carbocycles. The second-order valence-electron chi connectivity index (χ2n) is 4.28. The maximum Gasteiger partial charge on any atom is 0.231 e. The van der Waals surface area contributed by atoms with E-state index >= 15 is 0 Å². The maximum atomic E-state index is 5.66. The Morgan fingerprint density at radius 1 is 1.39 bits per heavy atom. The molecule has 1 aromatic carbocycles. The van der Waals surface area contributed by atoms with Gasteiger partial charge in [0.15, 0.2) is 11.5 Å². The molecule has 94 valence electrons. The van der Waals surface area contributed by atoms with E-state index in [-0.39, 0.29) is 0 Å². The number of benzene rings is 1. The number of thiazole rings is 1. The predicted molar refractivity (Wildman–Crippen MR) is 71.1 cm³/mol. The van der Waals surface area contributed by atoms with Gasteiger partial charge in [0, 0.05) is 23.4 Å². The number of aromatic nitrogens is 1. The van der Waals surface area contributed by atoms with Crippen molar-refractivity contribution in [3.8, 4) is 22.8 Å². The minimum Gasteiger partial charge on any atom is -0.454 e. The van der Waals surface area contributed by atoms with Gasteiger partial charge >= 0.3 is 0 Å². The zero-order chi connectivity index (χ0) is 12.5. The molecule has 1 aliphatic heterocycles. The van der Waals surface area contributed by atoms with Gasteiger partial charge < -0.3 is 15.2 Å². The fourth-order valence-corrected chi connectivity index (χ4v) is 2.70. The molecule has 0 fully saturated rings. The number of hydrogen-bond acceptors (Lipinski definition) is 5. The van der Waals surface area contributed by atoms with Crippen LogP contribution in [-0.2, 0) is 0 Å². The van der Waals surface area contributed by atoms with Crippen molar-refractivity contribution in [3.05, 3.63) is 28.6 Å². The molecular formula is C13H14N2O2S. The third-order valence-electron chi connectivity index (χ3n) is 2.97. The number of hydrogen-bond donors (Lipinski definition) is 1. The van der Waals surface area contributed by atoms with Gasteiger partial charge in [-0.05, 0) is 18.2 Å². The Morgan fingerprint density at radius 3 is 3.06 bits per heavy atom. The van der Waals surface area contributed by atoms with E-state index < -0.39 is 0 Å². The van der Waals surface area contributed by atoms with E-state index in [9.17, 15) is 0 Å². The first-order valence-electron chi connectivity index (χ1n) is 5.83. The van der Waals surface area contributed by atoms with Crippen molar-refractivity contribution in [1.29, 1.82) is 0 Å². The Morgan fingerprint density at radius 2 is 2.22 bits per heavy atom. The molecule has 3 rings (SSSR count). The van der Waals surface area contributed by atoms with E-state index in [0.717, 1.165) is 27.8 Å². The first-order chi connectivity index (χ1) is 8.78. The van der Waals surface area contributed by atoms with Crippen LogP contribution in [0, 0.1) is 0 Å². The Hall–Kier alpha value is -1.59. The largest absolute Gasteiger partial charge is 0.454 e.